The van der Waals surface area contributed by atoms with Crippen molar-refractivity contribution in [2.75, 3.05) is 5.73 Å². The molecule has 78 valence electrons. The Morgan fingerprint density at radius 1 is 1.47 bits per heavy atom. The molecule has 0 aliphatic heterocycles. The second-order valence-corrected chi connectivity index (χ2v) is 5.40. The quantitative estimate of drug-likeness (QED) is 0.832. The fourth-order valence-electron chi connectivity index (χ4n) is 0.838. The Labute approximate surface area is 99.1 Å². The van der Waals surface area contributed by atoms with E-state index >= 15 is 0 Å². The highest BCUT2D eigenvalue weighted by molar-refractivity contribution is 8.01. The SMILES string of the molecule is Cc1nnc(Sc2nc(N)ncc2Cl)s1. The van der Waals surface area contributed by atoms with E-state index in [1.54, 1.807) is 0 Å². The first-order chi connectivity index (χ1) is 7.15. The summed E-state index contributed by atoms with van der Waals surface area (Å²) in [6.45, 7) is 1.89. The molecule has 0 aliphatic carbocycles. The lowest BCUT2D eigenvalue weighted by Gasteiger charge is -1.99. The molecule has 2 rings (SSSR count). The van der Waals surface area contributed by atoms with Crippen molar-refractivity contribution in [3.63, 3.8) is 0 Å². The number of halogens is 1. The van der Waals surface area contributed by atoms with Gasteiger partial charge in [-0.3, -0.25) is 0 Å². The van der Waals surface area contributed by atoms with E-state index in [-0.39, 0.29) is 5.95 Å². The van der Waals surface area contributed by atoms with Gasteiger partial charge in [-0.1, -0.05) is 22.9 Å². The molecule has 0 bridgehead atoms. The summed E-state index contributed by atoms with van der Waals surface area (Å²) in [5.41, 5.74) is 5.46. The maximum Gasteiger partial charge on any atom is 0.221 e. The molecule has 0 saturated heterocycles. The Bertz CT molecular complexity index is 486. The maximum absolute atomic E-state index is 5.91. The van der Waals surface area contributed by atoms with Crippen LogP contribution in [0, 0.1) is 6.92 Å². The van der Waals surface area contributed by atoms with E-state index in [2.05, 4.69) is 20.2 Å². The average Bonchev–Trinajstić information content (AvgIpc) is 2.58. The summed E-state index contributed by atoms with van der Waals surface area (Å²) in [5, 5.41) is 9.80. The monoisotopic (exact) mass is 259 g/mol. The fourth-order valence-corrected chi connectivity index (χ4v) is 2.76. The van der Waals surface area contributed by atoms with Gasteiger partial charge in [-0.05, 0) is 18.7 Å². The van der Waals surface area contributed by atoms with Gasteiger partial charge in [0.2, 0.25) is 5.95 Å². The number of anilines is 1. The van der Waals surface area contributed by atoms with Crippen LogP contribution < -0.4 is 5.73 Å². The molecule has 5 nitrogen and oxygen atoms in total. The number of nitrogens with zero attached hydrogens (tertiary/aromatic N) is 4. The van der Waals surface area contributed by atoms with Crippen molar-refractivity contribution in [1.82, 2.24) is 20.2 Å². The van der Waals surface area contributed by atoms with Crippen LogP contribution in [0.3, 0.4) is 0 Å². The summed E-state index contributed by atoms with van der Waals surface area (Å²) < 4.78 is 0.785. The molecular formula is C7H6ClN5S2. The molecule has 2 heterocycles. The van der Waals surface area contributed by atoms with Crippen LogP contribution in [0.5, 0.6) is 0 Å². The minimum absolute atomic E-state index is 0.197. The van der Waals surface area contributed by atoms with Crippen LogP contribution in [0.15, 0.2) is 15.6 Å². The number of aromatic nitrogens is 4. The zero-order valence-electron chi connectivity index (χ0n) is 7.64. The third-order valence-corrected chi connectivity index (χ3v) is 3.70. The fraction of sp³-hybridized carbons (Fsp3) is 0.143. The van der Waals surface area contributed by atoms with Gasteiger partial charge in [0.1, 0.15) is 10.0 Å². The Kier molecular flexibility index (Phi) is 3.03. The molecule has 0 spiro atoms. The van der Waals surface area contributed by atoms with Crippen LogP contribution in [-0.4, -0.2) is 20.2 Å². The Hall–Kier alpha value is -0.920. The van der Waals surface area contributed by atoms with Crippen LogP contribution in [0.4, 0.5) is 5.95 Å². The van der Waals surface area contributed by atoms with E-state index in [1.807, 2.05) is 6.92 Å². The lowest BCUT2D eigenvalue weighted by Crippen LogP contribution is -1.95. The topological polar surface area (TPSA) is 77.6 Å². The minimum atomic E-state index is 0.197. The molecule has 2 N–H and O–H groups in total. The first-order valence-electron chi connectivity index (χ1n) is 3.91. The molecule has 0 amide bonds. The molecule has 2 aromatic rings. The Morgan fingerprint density at radius 3 is 2.93 bits per heavy atom. The van der Waals surface area contributed by atoms with Crippen LogP contribution in [0.1, 0.15) is 5.01 Å². The van der Waals surface area contributed by atoms with Gasteiger partial charge in [0, 0.05) is 0 Å². The summed E-state index contributed by atoms with van der Waals surface area (Å²) in [5.74, 6) is 0.197. The van der Waals surface area contributed by atoms with Gasteiger partial charge in [-0.2, -0.15) is 0 Å². The molecule has 0 aliphatic rings. The highest BCUT2D eigenvalue weighted by Gasteiger charge is 2.09. The first-order valence-corrected chi connectivity index (χ1v) is 5.92. The van der Waals surface area contributed by atoms with Crippen molar-refractivity contribution in [2.24, 2.45) is 0 Å². The highest BCUT2D eigenvalue weighted by atomic mass is 35.5. The van der Waals surface area contributed by atoms with Gasteiger partial charge in [-0.15, -0.1) is 10.2 Å². The van der Waals surface area contributed by atoms with Crippen molar-refractivity contribution < 1.29 is 0 Å². The molecule has 0 aromatic carbocycles. The zero-order chi connectivity index (χ0) is 10.8. The molecule has 0 radical (unpaired) electrons. The maximum atomic E-state index is 5.91. The van der Waals surface area contributed by atoms with E-state index in [0.717, 1.165) is 9.35 Å². The molecule has 0 atom stereocenters. The molecular weight excluding hydrogens is 254 g/mol. The second-order valence-electron chi connectivity index (χ2n) is 2.57. The van der Waals surface area contributed by atoms with E-state index < -0.39 is 0 Å². The molecule has 0 fully saturated rings. The molecule has 15 heavy (non-hydrogen) atoms. The average molecular weight is 260 g/mol. The van der Waals surface area contributed by atoms with Crippen LogP contribution in [-0.2, 0) is 0 Å². The smallest absolute Gasteiger partial charge is 0.221 e. The number of nitrogen functional groups attached to an aromatic ring is 1. The standard InChI is InChI=1S/C7H6ClN5S2/c1-3-12-13-7(14-3)15-5-4(8)2-10-6(9)11-5/h2H,1H3,(H2,9,10,11). The van der Waals surface area contributed by atoms with Crippen LogP contribution in [0.2, 0.25) is 5.02 Å². The summed E-state index contributed by atoms with van der Waals surface area (Å²) in [6, 6.07) is 0. The van der Waals surface area contributed by atoms with E-state index in [4.69, 9.17) is 17.3 Å². The summed E-state index contributed by atoms with van der Waals surface area (Å²) in [4.78, 5) is 7.79. The Morgan fingerprint density at radius 2 is 2.27 bits per heavy atom. The predicted molar refractivity (Wildman–Crippen MR) is 60.2 cm³/mol. The lowest BCUT2D eigenvalue weighted by atomic mass is 10.7. The van der Waals surface area contributed by atoms with Crippen LogP contribution >= 0.6 is 34.7 Å². The Balaban J connectivity index is 2.27. The zero-order valence-corrected chi connectivity index (χ0v) is 10.0. The summed E-state index contributed by atoms with van der Waals surface area (Å²) in [7, 11) is 0. The van der Waals surface area contributed by atoms with Gasteiger partial charge >= 0.3 is 0 Å². The van der Waals surface area contributed by atoms with Gasteiger partial charge in [0.05, 0.1) is 11.2 Å². The lowest BCUT2D eigenvalue weighted by molar-refractivity contribution is 0.978. The van der Waals surface area contributed by atoms with E-state index in [1.165, 1.54) is 29.3 Å². The summed E-state index contributed by atoms with van der Waals surface area (Å²) >= 11 is 8.72. The molecule has 8 heteroatoms. The van der Waals surface area contributed by atoms with Crippen molar-refractivity contribution in [2.45, 2.75) is 16.3 Å². The van der Waals surface area contributed by atoms with Crippen molar-refractivity contribution >= 4 is 40.6 Å². The normalized spacial score (nSPS) is 10.5. The number of hydrogen-bond acceptors (Lipinski definition) is 7. The first kappa shape index (κ1) is 10.6. The largest absolute Gasteiger partial charge is 0.368 e. The van der Waals surface area contributed by atoms with Crippen molar-refractivity contribution in [3.05, 3.63) is 16.2 Å². The molecule has 0 unspecified atom stereocenters. The van der Waals surface area contributed by atoms with Gasteiger partial charge in [0.25, 0.3) is 0 Å². The molecule has 2 aromatic heterocycles. The van der Waals surface area contributed by atoms with E-state index in [9.17, 15) is 0 Å². The number of aryl methyl sites for hydroxylation is 1. The third kappa shape index (κ3) is 2.55. The number of rotatable bonds is 2. The number of hydrogen-bond donors (Lipinski definition) is 1. The number of nitrogens with two attached hydrogens (primary N) is 1. The second kappa shape index (κ2) is 4.30. The third-order valence-electron chi connectivity index (χ3n) is 1.42. The van der Waals surface area contributed by atoms with Gasteiger partial charge in [0.15, 0.2) is 4.34 Å². The van der Waals surface area contributed by atoms with Gasteiger partial charge in [-0.25, -0.2) is 9.97 Å². The van der Waals surface area contributed by atoms with Crippen molar-refractivity contribution in [1.29, 1.82) is 0 Å². The van der Waals surface area contributed by atoms with E-state index in [0.29, 0.717) is 10.0 Å². The van der Waals surface area contributed by atoms with Crippen LogP contribution in [0.25, 0.3) is 0 Å². The highest BCUT2D eigenvalue weighted by Crippen LogP contribution is 2.32. The van der Waals surface area contributed by atoms with Crippen molar-refractivity contribution in [3.8, 4) is 0 Å². The molecule has 0 saturated carbocycles. The van der Waals surface area contributed by atoms with Gasteiger partial charge < -0.3 is 5.73 Å². The summed E-state index contributed by atoms with van der Waals surface area (Å²) in [6.07, 6.45) is 1.47. The minimum Gasteiger partial charge on any atom is -0.368 e. The predicted octanol–water partition coefficient (Wildman–Crippen LogP) is 2.02.